The topological polar surface area (TPSA) is 64.8 Å². The lowest BCUT2D eigenvalue weighted by Gasteiger charge is -2.31. The van der Waals surface area contributed by atoms with E-state index in [-0.39, 0.29) is 0 Å². The minimum atomic E-state index is 0.756. The van der Waals surface area contributed by atoms with Crippen LogP contribution in [0.25, 0.3) is 16.4 Å². The Balaban J connectivity index is 1.64. The molecule has 4 aromatic rings. The number of anilines is 1. The molecule has 142 valence electrons. The molecule has 0 fully saturated rings. The highest BCUT2D eigenvalue weighted by atomic mass is 16.5. The van der Waals surface area contributed by atoms with Crippen LogP contribution >= 0.6 is 0 Å². The quantitative estimate of drug-likeness (QED) is 0.548. The van der Waals surface area contributed by atoms with E-state index in [0.29, 0.717) is 0 Å². The molecule has 5 rings (SSSR count). The van der Waals surface area contributed by atoms with Crippen LogP contribution in [0.1, 0.15) is 17.0 Å². The zero-order valence-corrected chi connectivity index (χ0v) is 16.1. The smallest absolute Gasteiger partial charge is 0.185 e. The van der Waals surface area contributed by atoms with Crippen LogP contribution in [0.4, 0.5) is 5.82 Å². The van der Waals surface area contributed by atoms with Crippen molar-refractivity contribution >= 4 is 22.2 Å². The van der Waals surface area contributed by atoms with E-state index in [2.05, 4.69) is 39.4 Å². The largest absolute Gasteiger partial charge is 0.493 e. The first-order valence-electron chi connectivity index (χ1n) is 9.29. The first-order chi connectivity index (χ1) is 13.7. The molecule has 2 aromatic heterocycles. The number of nitrogens with zero attached hydrogens (tertiary/aromatic N) is 5. The SMILES string of the molecule is COc1cc2c(cc1OC)CN(c1nn3c(C)nnc3c3ccccc13)CC2. The molecule has 0 amide bonds. The Labute approximate surface area is 162 Å². The Morgan fingerprint density at radius 1 is 0.929 bits per heavy atom. The Morgan fingerprint density at radius 3 is 2.39 bits per heavy atom. The first kappa shape index (κ1) is 16.8. The van der Waals surface area contributed by atoms with Gasteiger partial charge in [0, 0.05) is 23.9 Å². The average molecular weight is 375 g/mol. The Kier molecular flexibility index (Phi) is 3.82. The van der Waals surface area contributed by atoms with Gasteiger partial charge in [-0.3, -0.25) is 0 Å². The van der Waals surface area contributed by atoms with Gasteiger partial charge in [0.25, 0.3) is 0 Å². The van der Waals surface area contributed by atoms with Crippen molar-refractivity contribution in [3.63, 3.8) is 0 Å². The van der Waals surface area contributed by atoms with Gasteiger partial charge in [-0.25, -0.2) is 0 Å². The van der Waals surface area contributed by atoms with Gasteiger partial charge in [-0.15, -0.1) is 15.3 Å². The molecule has 3 heterocycles. The third kappa shape index (κ3) is 2.46. The predicted octanol–water partition coefficient (Wildman–Crippen LogP) is 3.17. The molecule has 28 heavy (non-hydrogen) atoms. The molecule has 0 radical (unpaired) electrons. The second-order valence-electron chi connectivity index (χ2n) is 7.00. The van der Waals surface area contributed by atoms with E-state index in [1.165, 1.54) is 11.1 Å². The molecule has 1 aliphatic heterocycles. The lowest BCUT2D eigenvalue weighted by Crippen LogP contribution is -2.31. The van der Waals surface area contributed by atoms with E-state index in [0.717, 1.165) is 59.1 Å². The van der Waals surface area contributed by atoms with Crippen LogP contribution in [-0.4, -0.2) is 40.6 Å². The molecular formula is C21H21N5O2. The maximum atomic E-state index is 5.50. The Hall–Kier alpha value is -3.35. The fourth-order valence-electron chi connectivity index (χ4n) is 3.96. The number of hydrogen-bond donors (Lipinski definition) is 0. The standard InChI is InChI=1S/C21H21N5O2/c1-13-22-23-20-16-6-4-5-7-17(16)21(24-26(13)20)25-9-8-14-10-18(27-2)19(28-3)11-15(14)12-25/h4-7,10-11H,8-9,12H2,1-3H3. The van der Waals surface area contributed by atoms with E-state index in [9.17, 15) is 0 Å². The zero-order chi connectivity index (χ0) is 19.3. The molecule has 0 saturated heterocycles. The van der Waals surface area contributed by atoms with Gasteiger partial charge in [-0.2, -0.15) is 4.52 Å². The van der Waals surface area contributed by atoms with Gasteiger partial charge < -0.3 is 14.4 Å². The van der Waals surface area contributed by atoms with Crippen molar-refractivity contribution < 1.29 is 9.47 Å². The summed E-state index contributed by atoms with van der Waals surface area (Å²) in [6, 6.07) is 12.4. The number of hydrogen-bond acceptors (Lipinski definition) is 6. The monoisotopic (exact) mass is 375 g/mol. The van der Waals surface area contributed by atoms with Crippen LogP contribution in [-0.2, 0) is 13.0 Å². The molecule has 0 saturated carbocycles. The highest BCUT2D eigenvalue weighted by Gasteiger charge is 2.23. The Morgan fingerprint density at radius 2 is 1.64 bits per heavy atom. The third-order valence-corrected chi connectivity index (χ3v) is 5.42. The zero-order valence-electron chi connectivity index (χ0n) is 16.1. The van der Waals surface area contributed by atoms with Gasteiger partial charge in [-0.05, 0) is 36.6 Å². The summed E-state index contributed by atoms with van der Waals surface area (Å²) in [7, 11) is 3.34. The normalized spacial score (nSPS) is 13.8. The van der Waals surface area contributed by atoms with Gasteiger partial charge in [0.1, 0.15) is 0 Å². The van der Waals surface area contributed by atoms with Crippen LogP contribution in [0.15, 0.2) is 36.4 Å². The second-order valence-corrected chi connectivity index (χ2v) is 7.00. The molecule has 7 heteroatoms. The average Bonchev–Trinajstić information content (AvgIpc) is 3.12. The summed E-state index contributed by atoms with van der Waals surface area (Å²) >= 11 is 0. The number of aromatic nitrogens is 4. The van der Waals surface area contributed by atoms with Crippen LogP contribution in [0.5, 0.6) is 11.5 Å². The lowest BCUT2D eigenvalue weighted by molar-refractivity contribution is 0.353. The van der Waals surface area contributed by atoms with Crippen molar-refractivity contribution in [1.29, 1.82) is 0 Å². The summed E-state index contributed by atoms with van der Waals surface area (Å²) in [5.74, 6) is 3.27. The van der Waals surface area contributed by atoms with Gasteiger partial charge in [0.2, 0.25) is 0 Å². The molecule has 1 aliphatic rings. The summed E-state index contributed by atoms with van der Waals surface area (Å²) in [5, 5.41) is 15.6. The fourth-order valence-corrected chi connectivity index (χ4v) is 3.96. The Bertz CT molecular complexity index is 1200. The van der Waals surface area contributed by atoms with Crippen molar-refractivity contribution in [2.24, 2.45) is 0 Å². The van der Waals surface area contributed by atoms with E-state index in [4.69, 9.17) is 14.6 Å². The van der Waals surface area contributed by atoms with Crippen LogP contribution < -0.4 is 14.4 Å². The number of ether oxygens (including phenoxy) is 2. The molecule has 0 atom stereocenters. The van der Waals surface area contributed by atoms with Crippen LogP contribution in [0.2, 0.25) is 0 Å². The van der Waals surface area contributed by atoms with E-state index >= 15 is 0 Å². The molecule has 0 aliphatic carbocycles. The molecule has 0 spiro atoms. The lowest BCUT2D eigenvalue weighted by atomic mass is 9.98. The van der Waals surface area contributed by atoms with Crippen molar-refractivity contribution in [2.45, 2.75) is 19.9 Å². The maximum Gasteiger partial charge on any atom is 0.185 e. The molecule has 0 bridgehead atoms. The van der Waals surface area contributed by atoms with E-state index in [1.807, 2.05) is 23.6 Å². The number of methoxy groups -OCH3 is 2. The van der Waals surface area contributed by atoms with Gasteiger partial charge in [0.15, 0.2) is 28.8 Å². The highest BCUT2D eigenvalue weighted by molar-refractivity contribution is 6.00. The van der Waals surface area contributed by atoms with Crippen molar-refractivity contribution in [1.82, 2.24) is 19.8 Å². The molecule has 2 aromatic carbocycles. The van der Waals surface area contributed by atoms with Gasteiger partial charge in [0.05, 0.1) is 14.2 Å². The summed E-state index contributed by atoms with van der Waals surface area (Å²) in [5.41, 5.74) is 3.32. The number of fused-ring (bicyclic) bond motifs is 4. The molecule has 7 nitrogen and oxygen atoms in total. The van der Waals surface area contributed by atoms with Crippen molar-refractivity contribution in [3.05, 3.63) is 53.3 Å². The minimum Gasteiger partial charge on any atom is -0.493 e. The second kappa shape index (κ2) is 6.37. The van der Waals surface area contributed by atoms with Gasteiger partial charge in [-0.1, -0.05) is 24.3 Å². The first-order valence-corrected chi connectivity index (χ1v) is 9.29. The summed E-state index contributed by atoms with van der Waals surface area (Å²) in [6.45, 7) is 3.57. The maximum absolute atomic E-state index is 5.50. The summed E-state index contributed by atoms with van der Waals surface area (Å²) < 4.78 is 12.8. The summed E-state index contributed by atoms with van der Waals surface area (Å²) in [6.07, 6.45) is 0.922. The predicted molar refractivity (Wildman–Crippen MR) is 107 cm³/mol. The fraction of sp³-hybridized carbons (Fsp3) is 0.286. The third-order valence-electron chi connectivity index (χ3n) is 5.42. The van der Waals surface area contributed by atoms with Crippen LogP contribution in [0.3, 0.4) is 0 Å². The van der Waals surface area contributed by atoms with Gasteiger partial charge >= 0.3 is 0 Å². The molecular weight excluding hydrogens is 354 g/mol. The minimum absolute atomic E-state index is 0.756. The highest BCUT2D eigenvalue weighted by Crippen LogP contribution is 2.36. The number of rotatable bonds is 3. The molecule has 0 N–H and O–H groups in total. The summed E-state index contributed by atoms with van der Waals surface area (Å²) in [4.78, 5) is 2.31. The van der Waals surface area contributed by atoms with Crippen molar-refractivity contribution in [2.75, 3.05) is 25.7 Å². The van der Waals surface area contributed by atoms with E-state index in [1.54, 1.807) is 14.2 Å². The number of aryl methyl sites for hydroxylation is 1. The van der Waals surface area contributed by atoms with Crippen molar-refractivity contribution in [3.8, 4) is 11.5 Å². The number of benzene rings is 2. The van der Waals surface area contributed by atoms with Crippen LogP contribution in [0, 0.1) is 6.92 Å². The molecule has 0 unspecified atom stereocenters. The van der Waals surface area contributed by atoms with E-state index < -0.39 is 0 Å².